The molecule has 2 aromatic rings. The molecule has 0 unspecified atom stereocenters. The normalized spacial score (nSPS) is 11.5. The van der Waals surface area contributed by atoms with E-state index in [4.69, 9.17) is 5.11 Å². The van der Waals surface area contributed by atoms with E-state index < -0.39 is 17.7 Å². The van der Waals surface area contributed by atoms with Crippen LogP contribution in [0.25, 0.3) is 11.3 Å². The van der Waals surface area contributed by atoms with Gasteiger partial charge in [-0.25, -0.2) is 4.79 Å². The van der Waals surface area contributed by atoms with Crippen molar-refractivity contribution in [1.82, 2.24) is 10.2 Å². The number of aromatic carboxylic acids is 1. The van der Waals surface area contributed by atoms with Crippen molar-refractivity contribution in [2.75, 3.05) is 0 Å². The number of aromatic amines is 1. The van der Waals surface area contributed by atoms with Gasteiger partial charge in [-0.15, -0.1) is 0 Å². The third kappa shape index (κ3) is 2.20. The quantitative estimate of drug-likeness (QED) is 0.868. The number of carbonyl (C=O) groups is 1. The summed E-state index contributed by atoms with van der Waals surface area (Å²) in [7, 11) is 0. The van der Waals surface area contributed by atoms with Crippen molar-refractivity contribution in [2.24, 2.45) is 0 Å². The minimum absolute atomic E-state index is 0.0882. The lowest BCUT2D eigenvalue weighted by Crippen LogP contribution is -2.04. The molecule has 0 amide bonds. The van der Waals surface area contributed by atoms with Crippen LogP contribution in [0, 0.1) is 0 Å². The standard InChI is InChI=1S/C11H7F3N2O2/c12-11(13,14)7-3-1-6(2-4-7)9-8(10(17)18)5-15-16-9/h1-5H,(H,15,16)(H,17,18). The summed E-state index contributed by atoms with van der Waals surface area (Å²) in [5.74, 6) is -1.20. The zero-order chi connectivity index (χ0) is 13.3. The minimum Gasteiger partial charge on any atom is -0.478 e. The second-order valence-electron chi connectivity index (χ2n) is 3.54. The van der Waals surface area contributed by atoms with Crippen molar-refractivity contribution in [3.8, 4) is 11.3 Å². The highest BCUT2D eigenvalue weighted by Gasteiger charge is 2.30. The van der Waals surface area contributed by atoms with Gasteiger partial charge in [0.25, 0.3) is 0 Å². The molecule has 0 saturated carbocycles. The second kappa shape index (κ2) is 4.17. The van der Waals surface area contributed by atoms with Crippen molar-refractivity contribution in [1.29, 1.82) is 0 Å². The Kier molecular flexibility index (Phi) is 2.82. The van der Waals surface area contributed by atoms with E-state index in [9.17, 15) is 18.0 Å². The monoisotopic (exact) mass is 256 g/mol. The van der Waals surface area contributed by atoms with Crippen LogP contribution >= 0.6 is 0 Å². The first-order valence-electron chi connectivity index (χ1n) is 4.84. The van der Waals surface area contributed by atoms with Crippen molar-refractivity contribution >= 4 is 5.97 Å². The van der Waals surface area contributed by atoms with Crippen LogP contribution in [0.2, 0.25) is 0 Å². The lowest BCUT2D eigenvalue weighted by molar-refractivity contribution is -0.137. The number of nitrogens with one attached hydrogen (secondary N) is 1. The fraction of sp³-hybridized carbons (Fsp3) is 0.0909. The molecule has 1 heterocycles. The Labute approximate surface area is 99.1 Å². The van der Waals surface area contributed by atoms with Gasteiger partial charge in [-0.3, -0.25) is 5.10 Å². The topological polar surface area (TPSA) is 66.0 Å². The Morgan fingerprint density at radius 3 is 2.33 bits per heavy atom. The molecule has 1 aromatic heterocycles. The fourth-order valence-electron chi connectivity index (χ4n) is 1.49. The summed E-state index contributed by atoms with van der Waals surface area (Å²) < 4.78 is 37.1. The summed E-state index contributed by atoms with van der Waals surface area (Å²) in [6, 6.07) is 4.18. The molecule has 7 heteroatoms. The summed E-state index contributed by atoms with van der Waals surface area (Å²) in [6.07, 6.45) is -3.31. The molecule has 2 rings (SSSR count). The van der Waals surface area contributed by atoms with E-state index in [-0.39, 0.29) is 11.3 Å². The Hall–Kier alpha value is -2.31. The van der Waals surface area contributed by atoms with Crippen LogP contribution in [-0.2, 0) is 6.18 Å². The van der Waals surface area contributed by atoms with E-state index in [1.54, 1.807) is 0 Å². The first-order chi connectivity index (χ1) is 8.39. The van der Waals surface area contributed by atoms with Crippen molar-refractivity contribution < 1.29 is 23.1 Å². The van der Waals surface area contributed by atoms with E-state index in [0.29, 0.717) is 5.56 Å². The van der Waals surface area contributed by atoms with Crippen LogP contribution < -0.4 is 0 Å². The maximum absolute atomic E-state index is 12.4. The molecule has 4 nitrogen and oxygen atoms in total. The molecule has 0 spiro atoms. The predicted octanol–water partition coefficient (Wildman–Crippen LogP) is 2.79. The smallest absolute Gasteiger partial charge is 0.416 e. The Morgan fingerprint density at radius 2 is 1.83 bits per heavy atom. The maximum Gasteiger partial charge on any atom is 0.416 e. The van der Waals surface area contributed by atoms with Gasteiger partial charge in [-0.05, 0) is 12.1 Å². The molecule has 0 saturated heterocycles. The number of nitrogens with zero attached hydrogens (tertiary/aromatic N) is 1. The molecule has 0 aliphatic carbocycles. The van der Waals surface area contributed by atoms with Crippen molar-refractivity contribution in [3.05, 3.63) is 41.6 Å². The average molecular weight is 256 g/mol. The molecule has 0 fully saturated rings. The first kappa shape index (κ1) is 12.2. The average Bonchev–Trinajstić information content (AvgIpc) is 2.77. The van der Waals surface area contributed by atoms with E-state index in [1.165, 1.54) is 12.1 Å². The lowest BCUT2D eigenvalue weighted by Gasteiger charge is -2.07. The first-order valence-corrected chi connectivity index (χ1v) is 4.84. The third-order valence-corrected chi connectivity index (χ3v) is 2.37. The van der Waals surface area contributed by atoms with Gasteiger partial charge in [-0.2, -0.15) is 18.3 Å². The summed E-state index contributed by atoms with van der Waals surface area (Å²) in [5, 5.41) is 14.9. The van der Waals surface area contributed by atoms with Crippen molar-refractivity contribution in [3.63, 3.8) is 0 Å². The van der Waals surface area contributed by atoms with Crippen LogP contribution in [0.5, 0.6) is 0 Å². The molecular formula is C11H7F3N2O2. The molecule has 0 aliphatic rings. The minimum atomic E-state index is -4.41. The highest BCUT2D eigenvalue weighted by atomic mass is 19.4. The number of halogens is 3. The summed E-state index contributed by atoms with van der Waals surface area (Å²) in [4.78, 5) is 10.8. The van der Waals surface area contributed by atoms with Crippen molar-refractivity contribution in [2.45, 2.75) is 6.18 Å². The molecule has 0 bridgehead atoms. The highest BCUT2D eigenvalue weighted by molar-refractivity contribution is 5.94. The molecular weight excluding hydrogens is 249 g/mol. The highest BCUT2D eigenvalue weighted by Crippen LogP contribution is 2.31. The van der Waals surface area contributed by atoms with Crippen LogP contribution in [0.4, 0.5) is 13.2 Å². The zero-order valence-electron chi connectivity index (χ0n) is 8.82. The number of hydrogen-bond donors (Lipinski definition) is 2. The molecule has 1 aromatic carbocycles. The van der Waals surface area contributed by atoms with Gasteiger partial charge < -0.3 is 5.11 Å². The molecule has 2 N–H and O–H groups in total. The number of hydrogen-bond acceptors (Lipinski definition) is 2. The molecule has 0 atom stereocenters. The molecule has 0 aliphatic heterocycles. The molecule has 18 heavy (non-hydrogen) atoms. The molecule has 94 valence electrons. The summed E-state index contributed by atoms with van der Waals surface area (Å²) in [6.45, 7) is 0. The maximum atomic E-state index is 12.4. The third-order valence-electron chi connectivity index (χ3n) is 2.37. The Morgan fingerprint density at radius 1 is 1.22 bits per heavy atom. The van der Waals surface area contributed by atoms with Gasteiger partial charge in [0.15, 0.2) is 0 Å². The van der Waals surface area contributed by atoms with Crippen LogP contribution in [0.3, 0.4) is 0 Å². The van der Waals surface area contributed by atoms with Gasteiger partial charge >= 0.3 is 12.1 Å². The van der Waals surface area contributed by atoms with Gasteiger partial charge in [0.1, 0.15) is 5.56 Å². The number of carboxylic acids is 1. The van der Waals surface area contributed by atoms with Gasteiger partial charge in [0, 0.05) is 5.56 Å². The predicted molar refractivity (Wildman–Crippen MR) is 56.0 cm³/mol. The van der Waals surface area contributed by atoms with E-state index >= 15 is 0 Å². The summed E-state index contributed by atoms with van der Waals surface area (Å²) in [5.41, 5.74) is -0.369. The number of benzene rings is 1. The number of carboxylic acid groups (broad SMARTS) is 1. The lowest BCUT2D eigenvalue weighted by atomic mass is 10.1. The number of rotatable bonds is 2. The number of alkyl halides is 3. The van der Waals surface area contributed by atoms with Gasteiger partial charge in [-0.1, -0.05) is 12.1 Å². The largest absolute Gasteiger partial charge is 0.478 e. The van der Waals surface area contributed by atoms with Gasteiger partial charge in [0.05, 0.1) is 17.5 Å². The van der Waals surface area contributed by atoms with Gasteiger partial charge in [0.2, 0.25) is 0 Å². The van der Waals surface area contributed by atoms with Crippen LogP contribution in [0.1, 0.15) is 15.9 Å². The van der Waals surface area contributed by atoms with Crippen LogP contribution in [-0.4, -0.2) is 21.3 Å². The number of aromatic nitrogens is 2. The summed E-state index contributed by atoms with van der Waals surface area (Å²) >= 11 is 0. The van der Waals surface area contributed by atoms with Crippen LogP contribution in [0.15, 0.2) is 30.5 Å². The number of H-pyrrole nitrogens is 1. The van der Waals surface area contributed by atoms with E-state index in [2.05, 4.69) is 10.2 Å². The second-order valence-corrected chi connectivity index (χ2v) is 3.54. The zero-order valence-corrected chi connectivity index (χ0v) is 8.82. The fourth-order valence-corrected chi connectivity index (χ4v) is 1.49. The SMILES string of the molecule is O=C(O)c1cn[nH]c1-c1ccc(C(F)(F)F)cc1. The van der Waals surface area contributed by atoms with E-state index in [0.717, 1.165) is 18.3 Å². The Balaban J connectivity index is 2.41. The molecule has 0 radical (unpaired) electrons. The van der Waals surface area contributed by atoms with E-state index in [1.807, 2.05) is 0 Å². The Bertz CT molecular complexity index is 573.